The molecule has 0 aliphatic heterocycles. The third-order valence-corrected chi connectivity index (χ3v) is 3.46. The van der Waals surface area contributed by atoms with E-state index in [1.807, 2.05) is 19.1 Å². The number of nitrogens with zero attached hydrogens (tertiary/aromatic N) is 1. The average molecular weight is 305 g/mol. The van der Waals surface area contributed by atoms with Gasteiger partial charge in [-0.05, 0) is 36.8 Å². The minimum absolute atomic E-state index is 0.152. The van der Waals surface area contributed by atoms with Crippen LogP contribution in [0, 0.1) is 0 Å². The van der Waals surface area contributed by atoms with E-state index in [0.29, 0.717) is 10.6 Å². The molecule has 2 atom stereocenters. The summed E-state index contributed by atoms with van der Waals surface area (Å²) in [5.41, 5.74) is 1.53. The van der Waals surface area contributed by atoms with Gasteiger partial charge in [0.2, 0.25) is 0 Å². The first kappa shape index (κ1) is 15.5. The zero-order valence-electron chi connectivity index (χ0n) is 11.9. The molecule has 0 radical (unpaired) electrons. The number of hydrogen-bond acceptors (Lipinski definition) is 3. The minimum atomic E-state index is -0.243. The third-order valence-electron chi connectivity index (χ3n) is 3.21. The Kier molecular flexibility index (Phi) is 5.31. The van der Waals surface area contributed by atoms with Crippen molar-refractivity contribution in [2.75, 3.05) is 7.11 Å². The van der Waals surface area contributed by atoms with Crippen molar-refractivity contribution in [1.82, 2.24) is 10.3 Å². The zero-order valence-corrected chi connectivity index (χ0v) is 12.7. The summed E-state index contributed by atoms with van der Waals surface area (Å²) in [7, 11) is 1.62. The van der Waals surface area contributed by atoms with Gasteiger partial charge in [0.25, 0.3) is 5.91 Å². The molecule has 2 rings (SSSR count). The molecule has 4 nitrogen and oxygen atoms in total. The number of hydrogen-bond donors (Lipinski definition) is 1. The lowest BCUT2D eigenvalue weighted by molar-refractivity contribution is 0.0645. The molecule has 0 aliphatic carbocycles. The topological polar surface area (TPSA) is 51.2 Å². The Balaban J connectivity index is 2.08. The van der Waals surface area contributed by atoms with Crippen molar-refractivity contribution in [3.8, 4) is 0 Å². The molecule has 0 aliphatic rings. The fraction of sp³-hybridized carbons (Fsp3) is 0.250. The summed E-state index contributed by atoms with van der Waals surface area (Å²) in [6, 6.07) is 10.6. The van der Waals surface area contributed by atoms with E-state index in [0.717, 1.165) is 5.56 Å². The fourth-order valence-corrected chi connectivity index (χ4v) is 2.28. The number of amides is 1. The van der Waals surface area contributed by atoms with Crippen LogP contribution in [0.5, 0.6) is 0 Å². The maximum atomic E-state index is 12.1. The minimum Gasteiger partial charge on any atom is -0.375 e. The van der Waals surface area contributed by atoms with Gasteiger partial charge in [0.05, 0.1) is 6.04 Å². The van der Waals surface area contributed by atoms with Crippen molar-refractivity contribution in [3.63, 3.8) is 0 Å². The molecule has 2 unspecified atom stereocenters. The highest BCUT2D eigenvalue weighted by Gasteiger charge is 2.21. The Hall–Kier alpha value is -1.91. The number of halogens is 1. The summed E-state index contributed by atoms with van der Waals surface area (Å²) >= 11 is 5.89. The van der Waals surface area contributed by atoms with E-state index in [1.54, 1.807) is 43.8 Å². The summed E-state index contributed by atoms with van der Waals surface area (Å²) in [5.74, 6) is -0.152. The van der Waals surface area contributed by atoms with Crippen molar-refractivity contribution in [2.24, 2.45) is 0 Å². The number of methoxy groups -OCH3 is 1. The molecule has 2 aromatic rings. The van der Waals surface area contributed by atoms with Gasteiger partial charge in [0.15, 0.2) is 0 Å². The SMILES string of the molecule is COC(c1ccc(Cl)cc1)C(C)NC(=O)c1ccncc1. The van der Waals surface area contributed by atoms with E-state index in [4.69, 9.17) is 16.3 Å². The summed E-state index contributed by atoms with van der Waals surface area (Å²) in [4.78, 5) is 16.0. The van der Waals surface area contributed by atoms with E-state index in [-0.39, 0.29) is 18.1 Å². The van der Waals surface area contributed by atoms with Gasteiger partial charge < -0.3 is 10.1 Å². The van der Waals surface area contributed by atoms with Crippen LogP contribution in [0.1, 0.15) is 28.9 Å². The first-order valence-electron chi connectivity index (χ1n) is 6.61. The quantitative estimate of drug-likeness (QED) is 0.922. The second-order valence-corrected chi connectivity index (χ2v) is 5.14. The number of nitrogens with one attached hydrogen (secondary N) is 1. The van der Waals surface area contributed by atoms with Gasteiger partial charge in [-0.1, -0.05) is 23.7 Å². The average Bonchev–Trinajstić information content (AvgIpc) is 2.50. The van der Waals surface area contributed by atoms with Crippen molar-refractivity contribution < 1.29 is 9.53 Å². The summed E-state index contributed by atoms with van der Waals surface area (Å²) < 4.78 is 5.50. The fourth-order valence-electron chi connectivity index (χ4n) is 2.15. The summed E-state index contributed by atoms with van der Waals surface area (Å²) in [6.45, 7) is 1.90. The van der Waals surface area contributed by atoms with Crippen LogP contribution >= 0.6 is 11.6 Å². The van der Waals surface area contributed by atoms with Gasteiger partial charge >= 0.3 is 0 Å². The van der Waals surface area contributed by atoms with Gasteiger partial charge in [-0.2, -0.15) is 0 Å². The second-order valence-electron chi connectivity index (χ2n) is 4.71. The lowest BCUT2D eigenvalue weighted by Crippen LogP contribution is -2.37. The summed E-state index contributed by atoms with van der Waals surface area (Å²) in [6.07, 6.45) is 2.94. The molecule has 1 N–H and O–H groups in total. The van der Waals surface area contributed by atoms with Crippen LogP contribution in [0.15, 0.2) is 48.8 Å². The maximum Gasteiger partial charge on any atom is 0.251 e. The first-order valence-corrected chi connectivity index (χ1v) is 6.98. The largest absolute Gasteiger partial charge is 0.375 e. The highest BCUT2D eigenvalue weighted by atomic mass is 35.5. The lowest BCUT2D eigenvalue weighted by Gasteiger charge is -2.24. The van der Waals surface area contributed by atoms with Crippen LogP contribution in [0.2, 0.25) is 5.02 Å². The molecular weight excluding hydrogens is 288 g/mol. The molecule has 0 bridgehead atoms. The predicted octanol–water partition coefficient (Wildman–Crippen LogP) is 3.24. The number of ether oxygens (including phenoxy) is 1. The third kappa shape index (κ3) is 4.03. The smallest absolute Gasteiger partial charge is 0.251 e. The Morgan fingerprint density at radius 1 is 1.19 bits per heavy atom. The van der Waals surface area contributed by atoms with Gasteiger partial charge in [0.1, 0.15) is 6.10 Å². The second kappa shape index (κ2) is 7.20. The standard InChI is InChI=1S/C16H17ClN2O2/c1-11(19-16(20)13-7-9-18-10-8-13)15(21-2)12-3-5-14(17)6-4-12/h3-11,15H,1-2H3,(H,19,20). The highest BCUT2D eigenvalue weighted by molar-refractivity contribution is 6.30. The van der Waals surface area contributed by atoms with Gasteiger partial charge in [-0.15, -0.1) is 0 Å². The number of pyridine rings is 1. The zero-order chi connectivity index (χ0) is 15.2. The van der Waals surface area contributed by atoms with Crippen molar-refractivity contribution in [3.05, 3.63) is 64.9 Å². The molecule has 0 fully saturated rings. The number of carbonyl (C=O) groups excluding carboxylic acids is 1. The predicted molar refractivity (Wildman–Crippen MR) is 82.4 cm³/mol. The van der Waals surface area contributed by atoms with Gasteiger partial charge in [-0.3, -0.25) is 9.78 Å². The molecule has 0 saturated carbocycles. The molecule has 0 saturated heterocycles. The summed E-state index contributed by atoms with van der Waals surface area (Å²) in [5, 5.41) is 3.60. The van der Waals surface area contributed by atoms with Crippen molar-refractivity contribution in [1.29, 1.82) is 0 Å². The molecular formula is C16H17ClN2O2. The van der Waals surface area contributed by atoms with Crippen molar-refractivity contribution in [2.45, 2.75) is 19.1 Å². The molecule has 1 heterocycles. The molecule has 0 spiro atoms. The van der Waals surface area contributed by atoms with E-state index in [9.17, 15) is 4.79 Å². The van der Waals surface area contributed by atoms with E-state index in [2.05, 4.69) is 10.3 Å². The number of benzene rings is 1. The van der Waals surface area contributed by atoms with Crippen molar-refractivity contribution >= 4 is 17.5 Å². The molecule has 5 heteroatoms. The number of carbonyl (C=O) groups is 1. The van der Waals surface area contributed by atoms with Crippen LogP contribution in [-0.4, -0.2) is 24.0 Å². The van der Waals surface area contributed by atoms with Crippen LogP contribution in [0.25, 0.3) is 0 Å². The Bertz CT molecular complexity index is 587. The molecule has 21 heavy (non-hydrogen) atoms. The first-order chi connectivity index (χ1) is 10.1. The van der Waals surface area contributed by atoms with Crippen LogP contribution in [-0.2, 0) is 4.74 Å². The Morgan fingerprint density at radius 2 is 1.81 bits per heavy atom. The highest BCUT2D eigenvalue weighted by Crippen LogP contribution is 2.22. The van der Waals surface area contributed by atoms with E-state index < -0.39 is 0 Å². The van der Waals surface area contributed by atoms with Crippen LogP contribution < -0.4 is 5.32 Å². The van der Waals surface area contributed by atoms with Gasteiger partial charge in [-0.25, -0.2) is 0 Å². The van der Waals surface area contributed by atoms with E-state index >= 15 is 0 Å². The Labute approximate surface area is 129 Å². The normalized spacial score (nSPS) is 13.5. The lowest BCUT2D eigenvalue weighted by atomic mass is 10.0. The number of rotatable bonds is 5. The maximum absolute atomic E-state index is 12.1. The monoisotopic (exact) mass is 304 g/mol. The molecule has 1 aromatic carbocycles. The Morgan fingerprint density at radius 3 is 2.38 bits per heavy atom. The molecule has 1 amide bonds. The van der Waals surface area contributed by atoms with Gasteiger partial charge in [0, 0.05) is 30.1 Å². The van der Waals surface area contributed by atoms with Crippen LogP contribution in [0.4, 0.5) is 0 Å². The van der Waals surface area contributed by atoms with E-state index in [1.165, 1.54) is 0 Å². The van der Waals surface area contributed by atoms with Crippen LogP contribution in [0.3, 0.4) is 0 Å². The molecule has 110 valence electrons. The molecule has 1 aromatic heterocycles. The number of aromatic nitrogens is 1.